The van der Waals surface area contributed by atoms with Crippen LogP contribution in [0.1, 0.15) is 26.7 Å². The molecule has 0 radical (unpaired) electrons. The van der Waals surface area contributed by atoms with Crippen LogP contribution in [-0.4, -0.2) is 26.2 Å². The van der Waals surface area contributed by atoms with Crippen molar-refractivity contribution in [2.45, 2.75) is 37.7 Å². The predicted molar refractivity (Wildman–Crippen MR) is 83.3 cm³/mol. The van der Waals surface area contributed by atoms with Gasteiger partial charge in [0.05, 0.1) is 17.5 Å². The third-order valence-corrected chi connectivity index (χ3v) is 5.61. The second-order valence-electron chi connectivity index (χ2n) is 4.88. The smallest absolute Gasteiger partial charge is 0.242 e. The molecule has 0 fully saturated rings. The van der Waals surface area contributed by atoms with Gasteiger partial charge in [-0.3, -0.25) is 0 Å². The summed E-state index contributed by atoms with van der Waals surface area (Å²) in [6.07, 6.45) is 0.929. The van der Waals surface area contributed by atoms with Crippen LogP contribution in [0.4, 0.5) is 11.4 Å². The molecule has 0 saturated carbocycles. The molecule has 0 bridgehead atoms. The Bertz CT molecular complexity index is 678. The van der Waals surface area contributed by atoms with Crippen LogP contribution in [0.3, 0.4) is 0 Å². The SMILES string of the molecule is CCC(CC)C(O)CNS(=O)(=O)c1cccc2c1N=S=N2. The molecule has 2 N–H and O–H groups in total. The number of aliphatic hydroxyl groups is 1. The Morgan fingerprint density at radius 1 is 1.29 bits per heavy atom. The second kappa shape index (κ2) is 6.78. The average molecular weight is 329 g/mol. The van der Waals surface area contributed by atoms with Gasteiger partial charge in [-0.1, -0.05) is 32.8 Å². The summed E-state index contributed by atoms with van der Waals surface area (Å²) < 4.78 is 35.3. The maximum absolute atomic E-state index is 12.4. The normalized spacial score (nSPS) is 15.0. The molecule has 1 aromatic carbocycles. The fourth-order valence-electron chi connectivity index (χ4n) is 2.27. The third kappa shape index (κ3) is 3.57. The van der Waals surface area contributed by atoms with Gasteiger partial charge in [0.2, 0.25) is 10.0 Å². The monoisotopic (exact) mass is 329 g/mol. The summed E-state index contributed by atoms with van der Waals surface area (Å²) in [5, 5.41) is 10.0. The molecule has 1 atom stereocenters. The molecule has 1 aliphatic heterocycles. The summed E-state index contributed by atoms with van der Waals surface area (Å²) in [6, 6.07) is 4.85. The van der Waals surface area contributed by atoms with Crippen LogP contribution in [0.2, 0.25) is 0 Å². The number of hydrogen-bond donors (Lipinski definition) is 2. The lowest BCUT2D eigenvalue weighted by Gasteiger charge is -2.20. The third-order valence-electron chi connectivity index (χ3n) is 3.61. The highest BCUT2D eigenvalue weighted by atomic mass is 32.2. The van der Waals surface area contributed by atoms with E-state index in [-0.39, 0.29) is 17.4 Å². The number of fused-ring (bicyclic) bond motifs is 1. The van der Waals surface area contributed by atoms with E-state index in [1.54, 1.807) is 12.1 Å². The fraction of sp³-hybridized carbons (Fsp3) is 0.538. The van der Waals surface area contributed by atoms with Crippen molar-refractivity contribution in [3.63, 3.8) is 0 Å². The zero-order valence-electron chi connectivity index (χ0n) is 12.0. The highest BCUT2D eigenvalue weighted by Crippen LogP contribution is 2.37. The van der Waals surface area contributed by atoms with Crippen molar-refractivity contribution in [1.29, 1.82) is 0 Å². The number of benzene rings is 1. The lowest BCUT2D eigenvalue weighted by atomic mass is 9.97. The minimum atomic E-state index is -3.71. The van der Waals surface area contributed by atoms with E-state index in [2.05, 4.69) is 13.4 Å². The number of hydrogen-bond acceptors (Lipinski definition) is 5. The number of nitrogens with one attached hydrogen (secondary N) is 1. The minimum Gasteiger partial charge on any atom is -0.391 e. The molecular weight excluding hydrogens is 310 g/mol. The van der Waals surface area contributed by atoms with E-state index < -0.39 is 16.1 Å². The van der Waals surface area contributed by atoms with Crippen LogP contribution >= 0.6 is 0 Å². The largest absolute Gasteiger partial charge is 0.391 e. The van der Waals surface area contributed by atoms with Gasteiger partial charge >= 0.3 is 0 Å². The molecule has 0 amide bonds. The van der Waals surface area contributed by atoms with Crippen molar-refractivity contribution in [1.82, 2.24) is 4.72 Å². The Labute approximate surface area is 128 Å². The molecule has 0 aliphatic carbocycles. The first-order valence-corrected chi connectivity index (χ1v) is 9.10. The maximum atomic E-state index is 12.4. The molecule has 116 valence electrons. The van der Waals surface area contributed by atoms with E-state index in [0.717, 1.165) is 24.2 Å². The van der Waals surface area contributed by atoms with E-state index >= 15 is 0 Å². The molecule has 21 heavy (non-hydrogen) atoms. The summed E-state index contributed by atoms with van der Waals surface area (Å²) in [4.78, 5) is 0.102. The summed E-state index contributed by atoms with van der Waals surface area (Å²) in [7, 11) is -3.71. The van der Waals surface area contributed by atoms with Gasteiger partial charge < -0.3 is 5.11 Å². The van der Waals surface area contributed by atoms with Gasteiger partial charge in [-0.25, -0.2) is 13.1 Å². The van der Waals surface area contributed by atoms with Gasteiger partial charge in [-0.05, 0) is 18.1 Å². The molecule has 1 aromatic rings. The zero-order valence-corrected chi connectivity index (χ0v) is 13.6. The molecule has 1 unspecified atom stereocenters. The Morgan fingerprint density at radius 2 is 2.00 bits per heavy atom. The Hall–Kier alpha value is -1.09. The molecule has 1 aliphatic rings. The van der Waals surface area contributed by atoms with Gasteiger partial charge in [0.15, 0.2) is 0 Å². The number of sulfonamides is 1. The van der Waals surface area contributed by atoms with Crippen molar-refractivity contribution in [3.8, 4) is 0 Å². The molecule has 1 heterocycles. The first-order chi connectivity index (χ1) is 9.99. The van der Waals surface area contributed by atoms with E-state index in [1.807, 2.05) is 13.8 Å². The van der Waals surface area contributed by atoms with Crippen molar-refractivity contribution in [2.24, 2.45) is 14.6 Å². The maximum Gasteiger partial charge on any atom is 0.242 e. The summed E-state index contributed by atoms with van der Waals surface area (Å²) in [5.74, 6) is 0.0874. The Morgan fingerprint density at radius 3 is 2.67 bits per heavy atom. The Balaban J connectivity index is 2.14. The lowest BCUT2D eigenvalue weighted by molar-refractivity contribution is 0.107. The highest BCUT2D eigenvalue weighted by Gasteiger charge is 2.24. The minimum absolute atomic E-state index is 0.00261. The molecule has 2 rings (SSSR count). The van der Waals surface area contributed by atoms with Crippen LogP contribution in [0.5, 0.6) is 0 Å². The van der Waals surface area contributed by atoms with E-state index in [1.165, 1.54) is 6.07 Å². The topological polar surface area (TPSA) is 91.1 Å². The predicted octanol–water partition coefficient (Wildman–Crippen LogP) is 2.49. The van der Waals surface area contributed by atoms with Gasteiger partial charge in [-0.2, -0.15) is 8.73 Å². The molecular formula is C13H19N3O3S2. The Kier molecular flexibility index (Phi) is 5.26. The van der Waals surface area contributed by atoms with Crippen molar-refractivity contribution in [2.75, 3.05) is 6.54 Å². The standard InChI is InChI=1S/C13H19N3O3S2/c1-3-9(4-2)11(17)8-14-21(18,19)12-7-5-6-10-13(12)16-20-15-10/h5-7,9,11,14,17H,3-4,8H2,1-2H3. The van der Waals surface area contributed by atoms with Crippen LogP contribution in [0, 0.1) is 5.92 Å². The van der Waals surface area contributed by atoms with E-state index in [0.29, 0.717) is 11.4 Å². The van der Waals surface area contributed by atoms with Crippen LogP contribution in [-0.2, 0) is 21.4 Å². The van der Waals surface area contributed by atoms with Crippen molar-refractivity contribution in [3.05, 3.63) is 18.2 Å². The van der Waals surface area contributed by atoms with Crippen molar-refractivity contribution >= 4 is 32.8 Å². The number of aliphatic hydroxyl groups excluding tert-OH is 1. The average Bonchev–Trinajstić information content (AvgIpc) is 2.94. The quantitative estimate of drug-likeness (QED) is 0.817. The van der Waals surface area contributed by atoms with Crippen molar-refractivity contribution < 1.29 is 13.5 Å². The first-order valence-electron chi connectivity index (χ1n) is 6.88. The molecule has 0 spiro atoms. The van der Waals surface area contributed by atoms with E-state index in [9.17, 15) is 13.5 Å². The number of nitrogens with zero attached hydrogens (tertiary/aromatic N) is 2. The van der Waals surface area contributed by atoms with E-state index in [4.69, 9.17) is 0 Å². The summed E-state index contributed by atoms with van der Waals surface area (Å²) in [5.41, 5.74) is 0.926. The van der Waals surface area contributed by atoms with Crippen LogP contribution in [0.25, 0.3) is 0 Å². The number of rotatable bonds is 7. The highest BCUT2D eigenvalue weighted by molar-refractivity contribution is 7.89. The van der Waals surface area contributed by atoms with Gasteiger partial charge in [0.1, 0.15) is 16.3 Å². The molecule has 8 heteroatoms. The van der Waals surface area contributed by atoms with Gasteiger partial charge in [0.25, 0.3) is 0 Å². The zero-order chi connectivity index (χ0) is 15.5. The van der Waals surface area contributed by atoms with Gasteiger partial charge in [0, 0.05) is 6.54 Å². The lowest BCUT2D eigenvalue weighted by Crippen LogP contribution is -2.36. The van der Waals surface area contributed by atoms with Crippen LogP contribution < -0.4 is 4.72 Å². The summed E-state index contributed by atoms with van der Waals surface area (Å²) in [6.45, 7) is 3.96. The molecule has 0 aromatic heterocycles. The van der Waals surface area contributed by atoms with Gasteiger partial charge in [-0.15, -0.1) is 0 Å². The summed E-state index contributed by atoms with van der Waals surface area (Å²) >= 11 is 0.978. The first kappa shape index (κ1) is 16.3. The molecule has 0 saturated heterocycles. The van der Waals surface area contributed by atoms with Crippen LogP contribution in [0.15, 0.2) is 31.8 Å². The molecule has 6 nitrogen and oxygen atoms in total. The second-order valence-corrected chi connectivity index (χ2v) is 7.15. The fourth-order valence-corrected chi connectivity index (χ4v) is 4.09.